The van der Waals surface area contributed by atoms with Crippen LogP contribution in [-0.4, -0.2) is 46.3 Å². The summed E-state index contributed by atoms with van der Waals surface area (Å²) in [6.45, 7) is 3.13. The van der Waals surface area contributed by atoms with Crippen LogP contribution in [0.15, 0.2) is 30.7 Å². The second kappa shape index (κ2) is 5.48. The molecule has 100 valence electrons. The largest absolute Gasteiger partial charge is 0.350 e. The van der Waals surface area contributed by atoms with Crippen molar-refractivity contribution in [3.05, 3.63) is 36.3 Å². The van der Waals surface area contributed by atoms with Crippen LogP contribution in [0.3, 0.4) is 0 Å². The highest BCUT2D eigenvalue weighted by molar-refractivity contribution is 5.53. The molecule has 0 saturated carbocycles. The normalized spacial score (nSPS) is 14.9. The molecule has 2 aromatic rings. The number of rotatable bonds is 2. The van der Waals surface area contributed by atoms with Gasteiger partial charge in [0, 0.05) is 38.6 Å². The molecule has 1 aliphatic rings. The highest BCUT2D eigenvalue weighted by atomic mass is 15.3. The Hall–Kier alpha value is -2.75. The molecule has 1 saturated heterocycles. The molecule has 0 spiro atoms. The second-order valence-electron chi connectivity index (χ2n) is 4.40. The summed E-state index contributed by atoms with van der Waals surface area (Å²) in [5.74, 6) is 1.40. The van der Waals surface area contributed by atoms with Gasteiger partial charge in [-0.05, 0) is 12.1 Å². The van der Waals surface area contributed by atoms with Crippen molar-refractivity contribution in [2.24, 2.45) is 0 Å². The third kappa shape index (κ3) is 2.36. The molecule has 7 nitrogen and oxygen atoms in total. The van der Waals surface area contributed by atoms with E-state index in [1.807, 2.05) is 0 Å². The van der Waals surface area contributed by atoms with Crippen molar-refractivity contribution in [3.8, 4) is 6.07 Å². The van der Waals surface area contributed by atoms with Crippen LogP contribution in [0.25, 0.3) is 0 Å². The van der Waals surface area contributed by atoms with Crippen molar-refractivity contribution >= 4 is 11.8 Å². The molecule has 0 radical (unpaired) electrons. The van der Waals surface area contributed by atoms with Crippen molar-refractivity contribution in [3.63, 3.8) is 0 Å². The fourth-order valence-corrected chi connectivity index (χ4v) is 2.22. The van der Waals surface area contributed by atoms with E-state index in [1.165, 1.54) is 6.20 Å². The van der Waals surface area contributed by atoms with Crippen LogP contribution in [0.1, 0.15) is 5.56 Å². The Labute approximate surface area is 116 Å². The Bertz CT molecular complexity index is 614. The first-order valence-corrected chi connectivity index (χ1v) is 6.37. The quantitative estimate of drug-likeness (QED) is 0.782. The number of nitrogens with zero attached hydrogens (tertiary/aromatic N) is 7. The lowest BCUT2D eigenvalue weighted by molar-refractivity contribution is 0.630. The second-order valence-corrected chi connectivity index (χ2v) is 4.40. The molecule has 2 aromatic heterocycles. The van der Waals surface area contributed by atoms with E-state index in [1.54, 1.807) is 24.5 Å². The monoisotopic (exact) mass is 267 g/mol. The van der Waals surface area contributed by atoms with Gasteiger partial charge >= 0.3 is 0 Å². The fourth-order valence-electron chi connectivity index (χ4n) is 2.22. The van der Waals surface area contributed by atoms with Gasteiger partial charge in [0.15, 0.2) is 5.82 Å². The van der Waals surface area contributed by atoms with E-state index in [9.17, 15) is 0 Å². The highest BCUT2D eigenvalue weighted by Crippen LogP contribution is 2.18. The van der Waals surface area contributed by atoms with Gasteiger partial charge in [-0.1, -0.05) is 0 Å². The van der Waals surface area contributed by atoms with Gasteiger partial charge in [-0.3, -0.25) is 0 Å². The van der Waals surface area contributed by atoms with E-state index < -0.39 is 0 Å². The number of piperazine rings is 1. The minimum absolute atomic E-state index is 0.560. The molecule has 0 aliphatic carbocycles. The first kappa shape index (κ1) is 12.3. The van der Waals surface area contributed by atoms with Crippen molar-refractivity contribution in [1.82, 2.24) is 20.2 Å². The summed E-state index contributed by atoms with van der Waals surface area (Å²) in [5.41, 5.74) is 0.560. The highest BCUT2D eigenvalue weighted by Gasteiger charge is 2.21. The average molecular weight is 267 g/mol. The molecule has 1 aliphatic heterocycles. The zero-order chi connectivity index (χ0) is 13.8. The van der Waals surface area contributed by atoms with E-state index in [4.69, 9.17) is 5.26 Å². The molecule has 0 N–H and O–H groups in total. The zero-order valence-corrected chi connectivity index (χ0v) is 10.8. The van der Waals surface area contributed by atoms with E-state index in [0.717, 1.165) is 32.1 Å². The van der Waals surface area contributed by atoms with Crippen molar-refractivity contribution in [2.45, 2.75) is 0 Å². The van der Waals surface area contributed by atoms with Gasteiger partial charge in [0.1, 0.15) is 6.07 Å². The van der Waals surface area contributed by atoms with Crippen molar-refractivity contribution < 1.29 is 0 Å². The number of anilines is 2. The van der Waals surface area contributed by atoms with Gasteiger partial charge in [0.25, 0.3) is 0 Å². The van der Waals surface area contributed by atoms with E-state index in [0.29, 0.717) is 11.4 Å². The van der Waals surface area contributed by atoms with Crippen LogP contribution in [-0.2, 0) is 0 Å². The molecule has 0 amide bonds. The molecule has 0 atom stereocenters. The first-order chi connectivity index (χ1) is 9.88. The minimum Gasteiger partial charge on any atom is -0.350 e. The summed E-state index contributed by atoms with van der Waals surface area (Å²) in [6.07, 6.45) is 5.02. The molecular weight excluding hydrogens is 254 g/mol. The van der Waals surface area contributed by atoms with Crippen molar-refractivity contribution in [1.29, 1.82) is 5.26 Å². The lowest BCUT2D eigenvalue weighted by Crippen LogP contribution is -2.47. The summed E-state index contributed by atoms with van der Waals surface area (Å²) >= 11 is 0. The summed E-state index contributed by atoms with van der Waals surface area (Å²) in [6, 6.07) is 5.65. The summed E-state index contributed by atoms with van der Waals surface area (Å²) < 4.78 is 0. The first-order valence-electron chi connectivity index (χ1n) is 6.37. The molecule has 3 rings (SSSR count). The lowest BCUT2D eigenvalue weighted by atomic mass is 10.2. The predicted molar refractivity (Wildman–Crippen MR) is 73.2 cm³/mol. The zero-order valence-electron chi connectivity index (χ0n) is 10.8. The van der Waals surface area contributed by atoms with Gasteiger partial charge in [0.2, 0.25) is 5.95 Å². The van der Waals surface area contributed by atoms with Crippen molar-refractivity contribution in [2.75, 3.05) is 36.0 Å². The Morgan fingerprint density at radius 2 is 1.70 bits per heavy atom. The maximum atomic E-state index is 9.10. The maximum Gasteiger partial charge on any atom is 0.225 e. The van der Waals surface area contributed by atoms with Gasteiger partial charge in [0.05, 0.1) is 11.8 Å². The van der Waals surface area contributed by atoms with Gasteiger partial charge in [-0.2, -0.15) is 10.4 Å². The predicted octanol–water partition coefficient (Wildman–Crippen LogP) is 0.465. The molecule has 0 unspecified atom stereocenters. The Kier molecular flexibility index (Phi) is 3.37. The summed E-state index contributed by atoms with van der Waals surface area (Å²) in [7, 11) is 0. The maximum absolute atomic E-state index is 9.10. The topological polar surface area (TPSA) is 81.8 Å². The molecule has 0 aromatic carbocycles. The number of aromatic nitrogens is 4. The average Bonchev–Trinajstić information content (AvgIpc) is 2.56. The Morgan fingerprint density at radius 1 is 1.00 bits per heavy atom. The molecule has 3 heterocycles. The van der Waals surface area contributed by atoms with Crippen LogP contribution in [0, 0.1) is 11.3 Å². The number of nitriles is 1. The van der Waals surface area contributed by atoms with E-state index >= 15 is 0 Å². The Balaban J connectivity index is 1.72. The number of hydrogen-bond donors (Lipinski definition) is 0. The number of hydrogen-bond acceptors (Lipinski definition) is 7. The fraction of sp³-hybridized carbons (Fsp3) is 0.308. The smallest absolute Gasteiger partial charge is 0.225 e. The molecule has 0 bridgehead atoms. The standard InChI is InChI=1S/C13H13N7/c14-10-11-2-5-17-18-12(11)19-6-8-20(9-7-19)13-15-3-1-4-16-13/h1-5H,6-9H2. The third-order valence-corrected chi connectivity index (χ3v) is 3.24. The van der Waals surface area contributed by atoms with Crippen LogP contribution in [0.2, 0.25) is 0 Å². The lowest BCUT2D eigenvalue weighted by Gasteiger charge is -2.35. The summed E-state index contributed by atoms with van der Waals surface area (Å²) in [5, 5.41) is 17.0. The van der Waals surface area contributed by atoms with E-state index in [2.05, 4.69) is 36.0 Å². The van der Waals surface area contributed by atoms with Gasteiger partial charge in [-0.25, -0.2) is 9.97 Å². The SMILES string of the molecule is N#Cc1ccnnc1N1CCN(c2ncccn2)CC1. The van der Waals surface area contributed by atoms with Crippen LogP contribution in [0.5, 0.6) is 0 Å². The summed E-state index contributed by atoms with van der Waals surface area (Å²) in [4.78, 5) is 12.7. The molecule has 1 fully saturated rings. The molecule has 7 heteroatoms. The third-order valence-electron chi connectivity index (χ3n) is 3.24. The van der Waals surface area contributed by atoms with Crippen LogP contribution in [0.4, 0.5) is 11.8 Å². The Morgan fingerprint density at radius 3 is 2.40 bits per heavy atom. The van der Waals surface area contributed by atoms with Crippen LogP contribution >= 0.6 is 0 Å². The van der Waals surface area contributed by atoms with Crippen LogP contribution < -0.4 is 9.80 Å². The van der Waals surface area contributed by atoms with Gasteiger partial charge in [-0.15, -0.1) is 5.10 Å². The molecular formula is C13H13N7. The van der Waals surface area contributed by atoms with Gasteiger partial charge < -0.3 is 9.80 Å². The van der Waals surface area contributed by atoms with E-state index in [-0.39, 0.29) is 0 Å². The molecule has 20 heavy (non-hydrogen) atoms. The minimum atomic E-state index is 0.560.